The molecule has 0 fully saturated rings. The third kappa shape index (κ3) is 4.22. The number of fused-ring (bicyclic) bond motifs is 2. The lowest BCUT2D eigenvalue weighted by molar-refractivity contribution is 0.0462. The van der Waals surface area contributed by atoms with Crippen LogP contribution >= 0.6 is 0 Å². The molecule has 0 aliphatic carbocycles. The van der Waals surface area contributed by atoms with Crippen LogP contribution in [0.5, 0.6) is 0 Å². The summed E-state index contributed by atoms with van der Waals surface area (Å²) in [4.78, 5) is 42.1. The van der Waals surface area contributed by atoms with Gasteiger partial charge < -0.3 is 15.8 Å². The van der Waals surface area contributed by atoms with Gasteiger partial charge in [0.1, 0.15) is 5.82 Å². The topological polar surface area (TPSA) is 138 Å². The Kier molecular flexibility index (Phi) is 5.17. The highest BCUT2D eigenvalue weighted by molar-refractivity contribution is 5.94. The zero-order chi connectivity index (χ0) is 22.9. The second-order valence-corrected chi connectivity index (χ2v) is 7.82. The molecular formula is C23H21N7O3. The van der Waals surface area contributed by atoms with Crippen molar-refractivity contribution < 1.29 is 9.53 Å². The van der Waals surface area contributed by atoms with E-state index < -0.39 is 5.97 Å². The zero-order valence-corrected chi connectivity index (χ0v) is 17.9. The summed E-state index contributed by atoms with van der Waals surface area (Å²) in [5.74, 6) is 0.635. The second kappa shape index (κ2) is 8.30. The predicted octanol–water partition coefficient (Wildman–Crippen LogP) is 2.52. The van der Waals surface area contributed by atoms with Gasteiger partial charge >= 0.3 is 5.97 Å². The number of benzene rings is 2. The van der Waals surface area contributed by atoms with Gasteiger partial charge in [-0.25, -0.2) is 9.78 Å². The molecule has 1 aliphatic rings. The molecule has 2 aromatic heterocycles. The maximum Gasteiger partial charge on any atom is 0.338 e. The lowest BCUT2D eigenvalue weighted by atomic mass is 10.1. The molecule has 166 valence electrons. The molecule has 0 radical (unpaired) electrons. The number of aromatic nitrogens is 5. The molecule has 5 rings (SSSR count). The molecule has 3 heterocycles. The molecule has 1 aliphatic heterocycles. The van der Waals surface area contributed by atoms with Gasteiger partial charge in [-0.3, -0.25) is 9.36 Å². The molecule has 0 amide bonds. The number of hydrogen-bond donors (Lipinski definition) is 2. The quantitative estimate of drug-likeness (QED) is 0.446. The van der Waals surface area contributed by atoms with Crippen molar-refractivity contribution in [1.29, 1.82) is 0 Å². The SMILES string of the molecule is Cc1ccc(Nc2nc(N)nc(COC(=O)c3ccc4c(=O)n5c(nc4c3)CCC5)n2)cc1. The number of ether oxygens (including phenoxy) is 1. The summed E-state index contributed by atoms with van der Waals surface area (Å²) in [5.41, 5.74) is 8.40. The summed E-state index contributed by atoms with van der Waals surface area (Å²) >= 11 is 0. The third-order valence-electron chi connectivity index (χ3n) is 5.39. The first-order chi connectivity index (χ1) is 16.0. The molecule has 0 spiro atoms. The van der Waals surface area contributed by atoms with E-state index in [2.05, 4.69) is 25.3 Å². The number of anilines is 3. The van der Waals surface area contributed by atoms with Crippen molar-refractivity contribution >= 4 is 34.5 Å². The molecule has 3 N–H and O–H groups in total. The van der Waals surface area contributed by atoms with Crippen LogP contribution in [0.1, 0.15) is 34.0 Å². The molecule has 0 unspecified atom stereocenters. The van der Waals surface area contributed by atoms with Gasteiger partial charge in [0.25, 0.3) is 5.56 Å². The molecule has 2 aromatic carbocycles. The number of carbonyl (C=O) groups is 1. The third-order valence-corrected chi connectivity index (χ3v) is 5.39. The molecule has 0 saturated heterocycles. The number of nitrogens with zero attached hydrogens (tertiary/aromatic N) is 5. The highest BCUT2D eigenvalue weighted by atomic mass is 16.5. The number of esters is 1. The largest absolute Gasteiger partial charge is 0.454 e. The smallest absolute Gasteiger partial charge is 0.338 e. The first-order valence-corrected chi connectivity index (χ1v) is 10.5. The van der Waals surface area contributed by atoms with E-state index in [0.29, 0.717) is 17.4 Å². The van der Waals surface area contributed by atoms with E-state index in [1.807, 2.05) is 31.2 Å². The Morgan fingerprint density at radius 2 is 1.94 bits per heavy atom. The van der Waals surface area contributed by atoms with Crippen LogP contribution in [-0.2, 0) is 24.3 Å². The normalized spacial score (nSPS) is 12.5. The Hall–Kier alpha value is -4.34. The Morgan fingerprint density at radius 3 is 2.76 bits per heavy atom. The van der Waals surface area contributed by atoms with Gasteiger partial charge in [0, 0.05) is 18.7 Å². The molecule has 10 nitrogen and oxygen atoms in total. The predicted molar refractivity (Wildman–Crippen MR) is 122 cm³/mol. The standard InChI is InChI=1S/C23H21N7O3/c1-13-4-7-15(8-5-13)25-23-28-18(27-22(24)29-23)12-33-21(32)14-6-9-16-17(11-14)26-19-3-2-10-30(19)20(16)31/h4-9,11H,2-3,10,12H2,1H3,(H3,24,25,27,28,29). The lowest BCUT2D eigenvalue weighted by Crippen LogP contribution is -2.21. The number of nitrogens with one attached hydrogen (secondary N) is 1. The van der Waals surface area contributed by atoms with Crippen LogP contribution in [0.3, 0.4) is 0 Å². The maximum atomic E-state index is 12.6. The summed E-state index contributed by atoms with van der Waals surface area (Å²) in [6, 6.07) is 12.4. The van der Waals surface area contributed by atoms with Crippen LogP contribution < -0.4 is 16.6 Å². The molecular weight excluding hydrogens is 422 g/mol. The fourth-order valence-corrected chi connectivity index (χ4v) is 3.75. The number of hydrogen-bond acceptors (Lipinski definition) is 9. The second-order valence-electron chi connectivity index (χ2n) is 7.82. The first kappa shape index (κ1) is 20.6. The molecule has 10 heteroatoms. The number of nitrogen functional groups attached to an aromatic ring is 1. The van der Waals surface area contributed by atoms with Crippen molar-refractivity contribution in [2.75, 3.05) is 11.1 Å². The average molecular weight is 443 g/mol. The van der Waals surface area contributed by atoms with Crippen LogP contribution in [-0.4, -0.2) is 30.5 Å². The molecule has 0 atom stereocenters. The van der Waals surface area contributed by atoms with Gasteiger partial charge in [0.05, 0.1) is 16.5 Å². The Bertz CT molecular complexity index is 1430. The van der Waals surface area contributed by atoms with E-state index in [1.165, 1.54) is 0 Å². The van der Waals surface area contributed by atoms with Crippen molar-refractivity contribution in [2.24, 2.45) is 0 Å². The fraction of sp³-hybridized carbons (Fsp3) is 0.217. The van der Waals surface area contributed by atoms with E-state index in [0.717, 1.165) is 29.9 Å². The van der Waals surface area contributed by atoms with Gasteiger partial charge in [-0.05, 0) is 43.7 Å². The van der Waals surface area contributed by atoms with Crippen LogP contribution in [0.25, 0.3) is 10.9 Å². The molecule has 33 heavy (non-hydrogen) atoms. The summed E-state index contributed by atoms with van der Waals surface area (Å²) in [5, 5.41) is 3.54. The Balaban J connectivity index is 1.32. The van der Waals surface area contributed by atoms with Crippen LogP contribution in [0.4, 0.5) is 17.6 Å². The Labute approximate surface area is 188 Å². The number of nitrogens with two attached hydrogens (primary N) is 1. The lowest BCUT2D eigenvalue weighted by Gasteiger charge is -2.09. The molecule has 4 aromatic rings. The monoisotopic (exact) mass is 443 g/mol. The highest BCUT2D eigenvalue weighted by Gasteiger charge is 2.18. The summed E-state index contributed by atoms with van der Waals surface area (Å²) in [6.07, 6.45) is 1.64. The zero-order valence-electron chi connectivity index (χ0n) is 17.9. The van der Waals surface area contributed by atoms with Gasteiger partial charge in [0.15, 0.2) is 12.4 Å². The van der Waals surface area contributed by atoms with E-state index in [4.69, 9.17) is 10.5 Å². The highest BCUT2D eigenvalue weighted by Crippen LogP contribution is 2.18. The minimum atomic E-state index is -0.577. The summed E-state index contributed by atoms with van der Waals surface area (Å²) < 4.78 is 7.06. The van der Waals surface area contributed by atoms with E-state index in [1.54, 1.807) is 22.8 Å². The van der Waals surface area contributed by atoms with Crippen LogP contribution in [0, 0.1) is 6.92 Å². The van der Waals surface area contributed by atoms with Gasteiger partial charge in [-0.15, -0.1) is 0 Å². The van der Waals surface area contributed by atoms with E-state index in [-0.39, 0.29) is 35.5 Å². The fourth-order valence-electron chi connectivity index (χ4n) is 3.75. The van der Waals surface area contributed by atoms with Gasteiger partial charge in [0.2, 0.25) is 11.9 Å². The molecule has 0 bridgehead atoms. The maximum absolute atomic E-state index is 12.6. The van der Waals surface area contributed by atoms with E-state index >= 15 is 0 Å². The van der Waals surface area contributed by atoms with Crippen LogP contribution in [0.15, 0.2) is 47.3 Å². The van der Waals surface area contributed by atoms with Gasteiger partial charge in [-0.2, -0.15) is 15.0 Å². The van der Waals surface area contributed by atoms with Crippen molar-refractivity contribution in [2.45, 2.75) is 32.9 Å². The minimum Gasteiger partial charge on any atom is -0.454 e. The Morgan fingerprint density at radius 1 is 1.12 bits per heavy atom. The number of carbonyl (C=O) groups excluding carboxylic acids is 1. The minimum absolute atomic E-state index is 0.00916. The summed E-state index contributed by atoms with van der Waals surface area (Å²) in [7, 11) is 0. The molecule has 0 saturated carbocycles. The average Bonchev–Trinajstić information content (AvgIpc) is 3.27. The summed E-state index contributed by atoms with van der Waals surface area (Å²) in [6.45, 7) is 2.48. The van der Waals surface area contributed by atoms with E-state index in [9.17, 15) is 9.59 Å². The van der Waals surface area contributed by atoms with Crippen molar-refractivity contribution in [3.8, 4) is 0 Å². The first-order valence-electron chi connectivity index (χ1n) is 10.5. The van der Waals surface area contributed by atoms with Crippen LogP contribution in [0.2, 0.25) is 0 Å². The van der Waals surface area contributed by atoms with Crippen molar-refractivity contribution in [1.82, 2.24) is 24.5 Å². The number of rotatable bonds is 5. The van der Waals surface area contributed by atoms with Crippen molar-refractivity contribution in [3.05, 3.63) is 75.6 Å². The number of aryl methyl sites for hydroxylation is 2. The van der Waals surface area contributed by atoms with Gasteiger partial charge in [-0.1, -0.05) is 17.7 Å². The van der Waals surface area contributed by atoms with Crippen molar-refractivity contribution in [3.63, 3.8) is 0 Å².